The van der Waals surface area contributed by atoms with Crippen LogP contribution < -0.4 is 15.4 Å². The summed E-state index contributed by atoms with van der Waals surface area (Å²) in [5.41, 5.74) is 2.16. The first kappa shape index (κ1) is 19.1. The molecule has 1 heterocycles. The van der Waals surface area contributed by atoms with Gasteiger partial charge in [0.2, 0.25) is 5.91 Å². The van der Waals surface area contributed by atoms with Gasteiger partial charge in [-0.25, -0.2) is 9.67 Å². The zero-order valence-electron chi connectivity index (χ0n) is 15.5. The summed E-state index contributed by atoms with van der Waals surface area (Å²) < 4.78 is 7.08. The molecule has 0 saturated heterocycles. The van der Waals surface area contributed by atoms with E-state index in [0.717, 1.165) is 11.3 Å². The van der Waals surface area contributed by atoms with E-state index in [1.165, 1.54) is 6.33 Å². The van der Waals surface area contributed by atoms with Crippen molar-refractivity contribution >= 4 is 11.8 Å². The first-order valence-electron chi connectivity index (χ1n) is 8.88. The smallest absolute Gasteiger partial charge is 0.255 e. The van der Waals surface area contributed by atoms with Gasteiger partial charge in [-0.1, -0.05) is 24.3 Å². The molecule has 28 heavy (non-hydrogen) atoms. The van der Waals surface area contributed by atoms with Gasteiger partial charge in [-0.05, 0) is 36.8 Å². The Hall–Kier alpha value is -3.68. The predicted molar refractivity (Wildman–Crippen MR) is 103 cm³/mol. The molecule has 8 heteroatoms. The number of aromatic nitrogens is 3. The molecule has 0 aliphatic heterocycles. The first-order chi connectivity index (χ1) is 13.7. The number of nitrogens with one attached hydrogen (secondary N) is 2. The van der Waals surface area contributed by atoms with Gasteiger partial charge < -0.3 is 15.4 Å². The molecule has 0 fully saturated rings. The molecule has 0 radical (unpaired) electrons. The van der Waals surface area contributed by atoms with Crippen molar-refractivity contribution in [3.8, 4) is 11.4 Å². The second-order valence-electron chi connectivity index (χ2n) is 5.90. The van der Waals surface area contributed by atoms with E-state index >= 15 is 0 Å². The van der Waals surface area contributed by atoms with Crippen molar-refractivity contribution in [1.82, 2.24) is 25.4 Å². The van der Waals surface area contributed by atoms with Crippen LogP contribution in [0.5, 0.6) is 5.75 Å². The van der Waals surface area contributed by atoms with E-state index in [0.29, 0.717) is 24.5 Å². The first-order valence-corrected chi connectivity index (χ1v) is 8.88. The highest BCUT2D eigenvalue weighted by Crippen LogP contribution is 2.17. The maximum absolute atomic E-state index is 12.3. The number of rotatable bonds is 8. The third-order valence-electron chi connectivity index (χ3n) is 3.92. The average molecular weight is 379 g/mol. The summed E-state index contributed by atoms with van der Waals surface area (Å²) in [5, 5.41) is 9.48. The summed E-state index contributed by atoms with van der Waals surface area (Å²) in [6.07, 6.45) is 3.06. The molecule has 8 nitrogen and oxygen atoms in total. The van der Waals surface area contributed by atoms with E-state index in [1.807, 2.05) is 31.2 Å². The van der Waals surface area contributed by atoms with Crippen LogP contribution in [0, 0.1) is 0 Å². The molecule has 2 amide bonds. The van der Waals surface area contributed by atoms with Gasteiger partial charge in [-0.3, -0.25) is 9.59 Å². The molecule has 0 saturated carbocycles. The number of ether oxygens (including phenoxy) is 1. The van der Waals surface area contributed by atoms with Crippen LogP contribution in [0.1, 0.15) is 22.8 Å². The molecule has 0 aliphatic rings. The zero-order chi connectivity index (χ0) is 19.8. The number of hydrogen-bond acceptors (Lipinski definition) is 5. The second kappa shape index (κ2) is 9.31. The molecule has 3 aromatic rings. The predicted octanol–water partition coefficient (Wildman–Crippen LogP) is 1.71. The van der Waals surface area contributed by atoms with Crippen molar-refractivity contribution < 1.29 is 14.3 Å². The van der Waals surface area contributed by atoms with E-state index in [-0.39, 0.29) is 18.4 Å². The average Bonchev–Trinajstić information content (AvgIpc) is 3.26. The lowest BCUT2D eigenvalue weighted by Gasteiger charge is -2.11. The normalized spacial score (nSPS) is 10.3. The SMILES string of the molecule is CCOc1ccccc1C(=O)NCC(=O)NCc1cccc(-n2cncn2)c1. The van der Waals surface area contributed by atoms with Gasteiger partial charge in [0.1, 0.15) is 18.4 Å². The minimum atomic E-state index is -0.354. The number of nitrogens with zero attached hydrogens (tertiary/aromatic N) is 3. The third-order valence-corrected chi connectivity index (χ3v) is 3.92. The third kappa shape index (κ3) is 4.94. The lowest BCUT2D eigenvalue weighted by atomic mass is 10.2. The van der Waals surface area contributed by atoms with Gasteiger partial charge in [0.25, 0.3) is 5.91 Å². The zero-order valence-corrected chi connectivity index (χ0v) is 15.5. The van der Waals surface area contributed by atoms with Crippen molar-refractivity contribution in [1.29, 1.82) is 0 Å². The monoisotopic (exact) mass is 379 g/mol. The molecule has 0 unspecified atom stereocenters. The van der Waals surface area contributed by atoms with Gasteiger partial charge in [-0.2, -0.15) is 5.10 Å². The van der Waals surface area contributed by atoms with Crippen molar-refractivity contribution in [3.63, 3.8) is 0 Å². The van der Waals surface area contributed by atoms with Crippen molar-refractivity contribution in [3.05, 3.63) is 72.3 Å². The Bertz CT molecular complexity index is 941. The van der Waals surface area contributed by atoms with E-state index < -0.39 is 0 Å². The Morgan fingerprint density at radius 2 is 1.96 bits per heavy atom. The second-order valence-corrected chi connectivity index (χ2v) is 5.90. The number of benzene rings is 2. The lowest BCUT2D eigenvalue weighted by molar-refractivity contribution is -0.120. The fourth-order valence-electron chi connectivity index (χ4n) is 2.61. The molecular weight excluding hydrogens is 358 g/mol. The summed E-state index contributed by atoms with van der Waals surface area (Å²) in [6, 6.07) is 14.5. The highest BCUT2D eigenvalue weighted by atomic mass is 16.5. The largest absolute Gasteiger partial charge is 0.493 e. The Morgan fingerprint density at radius 1 is 1.11 bits per heavy atom. The van der Waals surface area contributed by atoms with E-state index in [1.54, 1.807) is 35.3 Å². The van der Waals surface area contributed by atoms with Crippen LogP contribution in [0.15, 0.2) is 61.2 Å². The van der Waals surface area contributed by atoms with E-state index in [9.17, 15) is 9.59 Å². The van der Waals surface area contributed by atoms with Crippen molar-refractivity contribution in [2.45, 2.75) is 13.5 Å². The van der Waals surface area contributed by atoms with Crippen LogP contribution in [-0.2, 0) is 11.3 Å². The summed E-state index contributed by atoms with van der Waals surface area (Å²) in [4.78, 5) is 28.3. The highest BCUT2D eigenvalue weighted by Gasteiger charge is 2.13. The summed E-state index contributed by atoms with van der Waals surface area (Å²) in [7, 11) is 0. The highest BCUT2D eigenvalue weighted by molar-refractivity contribution is 5.98. The van der Waals surface area contributed by atoms with Gasteiger partial charge in [0.15, 0.2) is 0 Å². The molecule has 0 aliphatic carbocycles. The van der Waals surface area contributed by atoms with E-state index in [4.69, 9.17) is 4.74 Å². The Morgan fingerprint density at radius 3 is 2.75 bits per heavy atom. The maximum Gasteiger partial charge on any atom is 0.255 e. The molecule has 0 spiro atoms. The number of para-hydroxylation sites is 1. The molecule has 0 bridgehead atoms. The number of carbonyl (C=O) groups is 2. The van der Waals surface area contributed by atoms with Gasteiger partial charge >= 0.3 is 0 Å². The van der Waals surface area contributed by atoms with Gasteiger partial charge in [0, 0.05) is 6.54 Å². The molecule has 0 atom stereocenters. The van der Waals surface area contributed by atoms with Crippen molar-refractivity contribution in [2.24, 2.45) is 0 Å². The van der Waals surface area contributed by atoms with Crippen LogP contribution in [0.25, 0.3) is 5.69 Å². The summed E-state index contributed by atoms with van der Waals surface area (Å²) in [5.74, 6) is -0.145. The molecule has 3 rings (SSSR count). The lowest BCUT2D eigenvalue weighted by Crippen LogP contribution is -2.36. The maximum atomic E-state index is 12.3. The number of amides is 2. The molecule has 1 aromatic heterocycles. The van der Waals surface area contributed by atoms with Crippen LogP contribution in [0.3, 0.4) is 0 Å². The Labute approximate surface area is 162 Å². The summed E-state index contributed by atoms with van der Waals surface area (Å²) >= 11 is 0. The standard InChI is InChI=1S/C20H21N5O3/c1-2-28-18-9-4-3-8-17(18)20(27)23-12-19(26)22-11-15-6-5-7-16(10-15)25-14-21-13-24-25/h3-10,13-14H,2,11-12H2,1H3,(H,22,26)(H,23,27). The quantitative estimate of drug-likeness (QED) is 0.621. The minimum Gasteiger partial charge on any atom is -0.493 e. The Kier molecular flexibility index (Phi) is 6.35. The molecule has 2 N–H and O–H groups in total. The fraction of sp³-hybridized carbons (Fsp3) is 0.200. The van der Waals surface area contributed by atoms with Crippen LogP contribution in [0.4, 0.5) is 0 Å². The van der Waals surface area contributed by atoms with E-state index in [2.05, 4.69) is 20.7 Å². The summed E-state index contributed by atoms with van der Waals surface area (Å²) in [6.45, 7) is 2.52. The molecule has 144 valence electrons. The number of hydrogen-bond donors (Lipinski definition) is 2. The van der Waals surface area contributed by atoms with Gasteiger partial charge in [0.05, 0.1) is 24.4 Å². The minimum absolute atomic E-state index is 0.123. The topological polar surface area (TPSA) is 98.1 Å². The van der Waals surface area contributed by atoms with Crippen LogP contribution >= 0.6 is 0 Å². The van der Waals surface area contributed by atoms with Crippen molar-refractivity contribution in [2.75, 3.05) is 13.2 Å². The van der Waals surface area contributed by atoms with Crippen LogP contribution in [0.2, 0.25) is 0 Å². The molecular formula is C20H21N5O3. The van der Waals surface area contributed by atoms with Gasteiger partial charge in [-0.15, -0.1) is 0 Å². The number of carbonyl (C=O) groups excluding carboxylic acids is 2. The fourth-order valence-corrected chi connectivity index (χ4v) is 2.61. The van der Waals surface area contributed by atoms with Crippen LogP contribution in [-0.4, -0.2) is 39.7 Å². The molecule has 2 aromatic carbocycles. The Balaban J connectivity index is 1.51.